The van der Waals surface area contributed by atoms with Gasteiger partial charge >= 0.3 is 11.8 Å². The number of anilines is 2. The third-order valence-corrected chi connectivity index (χ3v) is 4.02. The Morgan fingerprint density at radius 1 is 0.833 bits per heavy atom. The Labute approximate surface area is 170 Å². The van der Waals surface area contributed by atoms with E-state index >= 15 is 0 Å². The van der Waals surface area contributed by atoms with Crippen molar-refractivity contribution in [2.24, 2.45) is 0 Å². The molecule has 0 bridgehead atoms. The fraction of sp³-hybridized carbons (Fsp3) is 0. The minimum Gasteiger partial charge on any atom is -0.318 e. The molecule has 0 saturated heterocycles. The van der Waals surface area contributed by atoms with E-state index in [0.717, 1.165) is 11.1 Å². The first-order valence-corrected chi connectivity index (χ1v) is 8.92. The van der Waals surface area contributed by atoms with E-state index in [1.165, 1.54) is 6.20 Å². The second-order valence-electron chi connectivity index (χ2n) is 6.09. The maximum absolute atomic E-state index is 12.0. The molecular formula is C20H16N8O2. The fourth-order valence-electron chi connectivity index (χ4n) is 2.55. The number of hydrogen-bond donors (Lipinski definition) is 4. The second-order valence-corrected chi connectivity index (χ2v) is 6.09. The molecule has 0 radical (unpaired) electrons. The molecule has 2 aromatic heterocycles. The Kier molecular flexibility index (Phi) is 5.38. The number of amides is 2. The van der Waals surface area contributed by atoms with Crippen molar-refractivity contribution in [1.82, 2.24) is 30.8 Å². The summed E-state index contributed by atoms with van der Waals surface area (Å²) in [7, 11) is 0. The van der Waals surface area contributed by atoms with Crippen LogP contribution in [0, 0.1) is 0 Å². The Hall–Kier alpha value is -4.60. The minimum atomic E-state index is -0.868. The predicted octanol–water partition coefficient (Wildman–Crippen LogP) is 2.01. The lowest BCUT2D eigenvalue weighted by atomic mass is 10.2. The highest BCUT2D eigenvalue weighted by Crippen LogP contribution is 2.21. The largest absolute Gasteiger partial charge is 0.328 e. The van der Waals surface area contributed by atoms with Crippen LogP contribution in [0.15, 0.2) is 72.9 Å². The van der Waals surface area contributed by atoms with Crippen molar-refractivity contribution in [3.8, 4) is 22.8 Å². The number of carbonyl (C=O) groups is 2. The summed E-state index contributed by atoms with van der Waals surface area (Å²) in [4.78, 5) is 28.4. The summed E-state index contributed by atoms with van der Waals surface area (Å²) in [5.41, 5.74) is 6.91. The molecule has 0 aliphatic rings. The highest BCUT2D eigenvalue weighted by Gasteiger charge is 2.14. The molecule has 0 aliphatic heterocycles. The zero-order valence-electron chi connectivity index (χ0n) is 15.5. The second kappa shape index (κ2) is 8.61. The van der Waals surface area contributed by atoms with Crippen LogP contribution >= 0.6 is 0 Å². The normalized spacial score (nSPS) is 10.3. The third-order valence-electron chi connectivity index (χ3n) is 4.02. The van der Waals surface area contributed by atoms with Crippen molar-refractivity contribution < 1.29 is 9.59 Å². The molecular weight excluding hydrogens is 384 g/mol. The molecule has 4 N–H and O–H groups in total. The van der Waals surface area contributed by atoms with Crippen LogP contribution in [0.2, 0.25) is 0 Å². The molecule has 0 atom stereocenters. The van der Waals surface area contributed by atoms with Gasteiger partial charge in [-0.15, -0.1) is 5.10 Å². The molecule has 0 spiro atoms. The molecule has 0 fully saturated rings. The summed E-state index contributed by atoms with van der Waals surface area (Å²) in [5, 5.41) is 17.0. The van der Waals surface area contributed by atoms with E-state index in [1.807, 2.05) is 30.3 Å². The molecule has 0 saturated carbocycles. The number of aromatic nitrogens is 5. The van der Waals surface area contributed by atoms with E-state index in [-0.39, 0.29) is 0 Å². The van der Waals surface area contributed by atoms with Crippen LogP contribution in [0.4, 0.5) is 11.5 Å². The van der Waals surface area contributed by atoms with Crippen LogP contribution in [0.1, 0.15) is 0 Å². The molecule has 4 aromatic rings. The Morgan fingerprint density at radius 2 is 1.63 bits per heavy atom. The maximum atomic E-state index is 12.0. The highest BCUT2D eigenvalue weighted by molar-refractivity contribution is 6.39. The van der Waals surface area contributed by atoms with Gasteiger partial charge in [0.2, 0.25) is 0 Å². The van der Waals surface area contributed by atoms with Crippen molar-refractivity contribution >= 4 is 23.3 Å². The third kappa shape index (κ3) is 4.44. The van der Waals surface area contributed by atoms with E-state index < -0.39 is 11.8 Å². The number of H-pyrrole nitrogens is 1. The summed E-state index contributed by atoms with van der Waals surface area (Å²) in [6.07, 6.45) is 1.49. The number of nitrogens with zero attached hydrogens (tertiary/aromatic N) is 4. The summed E-state index contributed by atoms with van der Waals surface area (Å²) in [6, 6.07) is 19.7. The topological polar surface area (TPSA) is 138 Å². The van der Waals surface area contributed by atoms with E-state index in [4.69, 9.17) is 0 Å². The van der Waals surface area contributed by atoms with Crippen LogP contribution < -0.4 is 16.2 Å². The number of nitrogens with one attached hydrogen (secondary N) is 4. The lowest BCUT2D eigenvalue weighted by Gasteiger charge is -2.08. The summed E-state index contributed by atoms with van der Waals surface area (Å²) >= 11 is 0. The Bertz CT molecular complexity index is 1140. The first-order valence-electron chi connectivity index (χ1n) is 8.92. The van der Waals surface area contributed by atoms with Gasteiger partial charge in [-0.2, -0.15) is 10.2 Å². The van der Waals surface area contributed by atoms with Crippen LogP contribution in [0.3, 0.4) is 0 Å². The lowest BCUT2D eigenvalue weighted by molar-refractivity contribution is -0.135. The van der Waals surface area contributed by atoms with Gasteiger partial charge in [-0.25, -0.2) is 4.98 Å². The average molecular weight is 400 g/mol. The van der Waals surface area contributed by atoms with Crippen molar-refractivity contribution in [3.63, 3.8) is 0 Å². The Morgan fingerprint density at radius 3 is 2.37 bits per heavy atom. The predicted molar refractivity (Wildman–Crippen MR) is 110 cm³/mol. The first-order chi connectivity index (χ1) is 14.7. The van der Waals surface area contributed by atoms with Gasteiger partial charge in [0.1, 0.15) is 0 Å². The molecule has 10 heteroatoms. The monoisotopic (exact) mass is 400 g/mol. The fourth-order valence-corrected chi connectivity index (χ4v) is 2.55. The minimum absolute atomic E-state index is 0.310. The van der Waals surface area contributed by atoms with E-state index in [2.05, 4.69) is 41.5 Å². The van der Waals surface area contributed by atoms with Gasteiger partial charge in [-0.3, -0.25) is 25.5 Å². The van der Waals surface area contributed by atoms with Gasteiger partial charge in [0.15, 0.2) is 17.5 Å². The molecule has 148 valence electrons. The summed E-state index contributed by atoms with van der Waals surface area (Å²) in [6.45, 7) is 0. The highest BCUT2D eigenvalue weighted by atomic mass is 16.2. The van der Waals surface area contributed by atoms with Crippen molar-refractivity contribution in [2.75, 3.05) is 10.7 Å². The van der Waals surface area contributed by atoms with E-state index in [1.54, 1.807) is 36.4 Å². The molecule has 4 rings (SSSR count). The van der Waals surface area contributed by atoms with E-state index in [9.17, 15) is 9.59 Å². The van der Waals surface area contributed by atoms with Gasteiger partial charge in [-0.05, 0) is 36.4 Å². The standard InChI is InChI=1S/C20H16N8O2/c29-19(20(30)28-25-16-7-4-12-21-24-16)22-15-10-8-14(9-11-15)18-23-17(26-27-18)13-5-2-1-3-6-13/h1-12H,(H,22,29)(H,24,25)(H,28,30)(H,23,26,27). The molecule has 0 aliphatic carbocycles. The van der Waals surface area contributed by atoms with Crippen molar-refractivity contribution in [1.29, 1.82) is 0 Å². The van der Waals surface area contributed by atoms with Crippen LogP contribution in [-0.2, 0) is 9.59 Å². The molecule has 2 heterocycles. The lowest BCUT2D eigenvalue weighted by Crippen LogP contribution is -2.39. The Balaban J connectivity index is 1.36. The van der Waals surface area contributed by atoms with Gasteiger partial charge in [0.05, 0.1) is 0 Å². The number of rotatable bonds is 5. The summed E-state index contributed by atoms with van der Waals surface area (Å²) < 4.78 is 0. The van der Waals surface area contributed by atoms with Gasteiger partial charge in [0.25, 0.3) is 0 Å². The van der Waals surface area contributed by atoms with Gasteiger partial charge in [-0.1, -0.05) is 30.3 Å². The zero-order chi connectivity index (χ0) is 20.8. The quantitative estimate of drug-likeness (QED) is 0.297. The SMILES string of the molecule is O=C(NNc1cccnn1)C(=O)Nc1ccc(-c2nc(-c3ccccc3)n[nH]2)cc1. The van der Waals surface area contributed by atoms with Crippen molar-refractivity contribution in [3.05, 3.63) is 72.9 Å². The average Bonchev–Trinajstić information content (AvgIpc) is 3.29. The van der Waals surface area contributed by atoms with Crippen LogP contribution in [0.5, 0.6) is 0 Å². The van der Waals surface area contributed by atoms with Crippen LogP contribution in [-0.4, -0.2) is 37.2 Å². The number of carbonyl (C=O) groups excluding carboxylic acids is 2. The summed E-state index contributed by atoms with van der Waals surface area (Å²) in [5.74, 6) is -0.199. The number of benzene rings is 2. The molecule has 10 nitrogen and oxygen atoms in total. The molecule has 2 aromatic carbocycles. The number of hydrazine groups is 1. The molecule has 0 unspecified atom stereocenters. The zero-order valence-corrected chi connectivity index (χ0v) is 15.5. The van der Waals surface area contributed by atoms with Gasteiger partial charge < -0.3 is 5.32 Å². The van der Waals surface area contributed by atoms with Crippen LogP contribution in [0.25, 0.3) is 22.8 Å². The van der Waals surface area contributed by atoms with E-state index in [0.29, 0.717) is 23.2 Å². The first kappa shape index (κ1) is 18.7. The molecule has 30 heavy (non-hydrogen) atoms. The number of aromatic amines is 1. The van der Waals surface area contributed by atoms with Crippen molar-refractivity contribution in [2.45, 2.75) is 0 Å². The smallest absolute Gasteiger partial charge is 0.318 e. The van der Waals surface area contributed by atoms with Gasteiger partial charge in [0, 0.05) is 23.0 Å². The maximum Gasteiger partial charge on any atom is 0.328 e. The number of hydrogen-bond acceptors (Lipinski definition) is 7. The molecule has 2 amide bonds.